The highest BCUT2D eigenvalue weighted by Crippen LogP contribution is 2.25. The molecule has 0 amide bonds. The lowest BCUT2D eigenvalue weighted by Gasteiger charge is -2.16. The molecule has 3 N–H and O–H groups in total. The first-order chi connectivity index (χ1) is 11.3. The van der Waals surface area contributed by atoms with Crippen molar-refractivity contribution in [3.63, 3.8) is 0 Å². The molecule has 0 aromatic heterocycles. The van der Waals surface area contributed by atoms with E-state index in [-0.39, 0.29) is 10.8 Å². The first kappa shape index (κ1) is 17.7. The van der Waals surface area contributed by atoms with Crippen LogP contribution in [-0.4, -0.2) is 25.6 Å². The van der Waals surface area contributed by atoms with Gasteiger partial charge in [0, 0.05) is 36.4 Å². The predicted molar refractivity (Wildman–Crippen MR) is 101 cm³/mol. The molecule has 0 saturated heterocycles. The number of nitrogens with zero attached hydrogens (tertiary/aromatic N) is 1. The van der Waals surface area contributed by atoms with Crippen molar-refractivity contribution in [2.24, 2.45) is 0 Å². The number of hydrogen-bond donors (Lipinski definition) is 3. The second-order valence-corrected chi connectivity index (χ2v) is 5.92. The highest BCUT2D eigenvalue weighted by molar-refractivity contribution is 6.32. The van der Waals surface area contributed by atoms with Crippen molar-refractivity contribution in [1.29, 1.82) is 5.41 Å². The van der Waals surface area contributed by atoms with E-state index >= 15 is 0 Å². The summed E-state index contributed by atoms with van der Waals surface area (Å²) in [5.74, 6) is -0.131. The Bertz CT molecular complexity index is 879. The van der Waals surface area contributed by atoms with E-state index in [2.05, 4.69) is 18.0 Å². The number of ether oxygens (including phenoxy) is 1. The van der Waals surface area contributed by atoms with E-state index in [1.165, 1.54) is 6.26 Å². The minimum absolute atomic E-state index is 0.131. The summed E-state index contributed by atoms with van der Waals surface area (Å²) in [6.07, 6.45) is 2.02. The fraction of sp³-hybridized carbons (Fsp3) is 0.167. The van der Waals surface area contributed by atoms with Crippen LogP contribution < -0.4 is 20.7 Å². The molecule has 0 unspecified atom stereocenters. The first-order valence-electron chi connectivity index (χ1n) is 7.25. The van der Waals surface area contributed by atoms with Gasteiger partial charge < -0.3 is 20.1 Å². The van der Waals surface area contributed by atoms with E-state index in [0.29, 0.717) is 16.1 Å². The average Bonchev–Trinajstić information content (AvgIpc) is 2.55. The summed E-state index contributed by atoms with van der Waals surface area (Å²) in [5, 5.41) is 21.2. The molecule has 2 aromatic rings. The maximum absolute atomic E-state index is 10.1. The molecule has 0 bridgehead atoms. The summed E-state index contributed by atoms with van der Waals surface area (Å²) < 4.78 is 4.81. The monoisotopic (exact) mass is 345 g/mol. The topological polar surface area (TPSA) is 68.6 Å². The Balaban J connectivity index is 2.49. The number of rotatable bonds is 5. The molecular weight excluding hydrogens is 326 g/mol. The molecule has 0 aliphatic carbocycles. The molecule has 0 heterocycles. The average molecular weight is 346 g/mol. The Hall–Kier alpha value is -2.66. The lowest BCUT2D eigenvalue weighted by Crippen LogP contribution is -2.16. The smallest absolute Gasteiger partial charge is 0.172 e. The summed E-state index contributed by atoms with van der Waals surface area (Å²) in [7, 11) is 3.97. The number of aromatic hydroxyl groups is 1. The van der Waals surface area contributed by atoms with Gasteiger partial charge in [0.15, 0.2) is 6.40 Å². The molecule has 126 valence electrons. The fourth-order valence-corrected chi connectivity index (χ4v) is 2.43. The molecule has 5 nitrogen and oxygen atoms in total. The van der Waals surface area contributed by atoms with Gasteiger partial charge in [-0.1, -0.05) is 18.2 Å². The fourth-order valence-electron chi connectivity index (χ4n) is 2.22. The van der Waals surface area contributed by atoms with Gasteiger partial charge in [0.05, 0.1) is 10.2 Å². The van der Waals surface area contributed by atoms with Crippen LogP contribution in [-0.2, 0) is 4.74 Å². The standard InChI is InChI=1S/C18H20ClN3O2/c1-11-7-14(22(3)4)5-6-15(11)21-16-8-13(9-24-10-20)18(23)17(19)12(16)2/h5-10,20-21,23H,2H2,1,3-4H3/b13-9-,20-10?. The van der Waals surface area contributed by atoms with E-state index in [9.17, 15) is 5.11 Å². The van der Waals surface area contributed by atoms with Crippen molar-refractivity contribution in [3.05, 3.63) is 45.3 Å². The van der Waals surface area contributed by atoms with Crippen LogP contribution in [0, 0.1) is 12.3 Å². The normalized spacial score (nSPS) is 11.2. The Labute approximate surface area is 146 Å². The van der Waals surface area contributed by atoms with E-state index in [4.69, 9.17) is 21.7 Å². The minimum Gasteiger partial charge on any atom is -0.506 e. The summed E-state index contributed by atoms with van der Waals surface area (Å²) in [5.41, 5.74) is 3.72. The lowest BCUT2D eigenvalue weighted by atomic mass is 10.1. The quantitative estimate of drug-likeness (QED) is 0.443. The van der Waals surface area contributed by atoms with Crippen molar-refractivity contribution in [3.8, 4) is 5.75 Å². The molecule has 2 aromatic carbocycles. The van der Waals surface area contributed by atoms with Gasteiger partial charge in [0.25, 0.3) is 0 Å². The van der Waals surface area contributed by atoms with Crippen LogP contribution in [0.1, 0.15) is 5.56 Å². The number of aryl methyl sites for hydroxylation is 1. The third-order valence-corrected chi connectivity index (χ3v) is 4.04. The zero-order valence-corrected chi connectivity index (χ0v) is 14.6. The number of hydrogen-bond acceptors (Lipinski definition) is 5. The molecular formula is C18H20ClN3O2. The number of benzene rings is 2. The first-order valence-corrected chi connectivity index (χ1v) is 7.63. The summed E-state index contributed by atoms with van der Waals surface area (Å²) in [6, 6.07) is 7.72. The maximum atomic E-state index is 10.1. The Morgan fingerprint density at radius 3 is 2.58 bits per heavy atom. The van der Waals surface area contributed by atoms with Gasteiger partial charge >= 0.3 is 0 Å². The molecule has 0 fully saturated rings. The Morgan fingerprint density at radius 2 is 2.00 bits per heavy atom. The molecule has 0 aliphatic rings. The van der Waals surface area contributed by atoms with Crippen LogP contribution >= 0.6 is 11.6 Å². The zero-order chi connectivity index (χ0) is 17.9. The van der Waals surface area contributed by atoms with Crippen molar-refractivity contribution in [2.75, 3.05) is 24.3 Å². The predicted octanol–water partition coefficient (Wildman–Crippen LogP) is 2.94. The van der Waals surface area contributed by atoms with Crippen LogP contribution in [0.2, 0.25) is 5.02 Å². The molecule has 0 saturated carbocycles. The van der Waals surface area contributed by atoms with E-state index < -0.39 is 0 Å². The summed E-state index contributed by atoms with van der Waals surface area (Å²) in [6.45, 7) is 5.92. The SMILES string of the molecule is C=c1c(Nc2ccc(N(C)C)cc2C)c/c(=C/OC=N)c(O)c1Cl. The molecule has 0 aliphatic heterocycles. The van der Waals surface area contributed by atoms with Gasteiger partial charge in [0.1, 0.15) is 12.0 Å². The van der Waals surface area contributed by atoms with Crippen molar-refractivity contribution in [1.82, 2.24) is 0 Å². The Morgan fingerprint density at radius 1 is 1.29 bits per heavy atom. The van der Waals surface area contributed by atoms with Crippen LogP contribution in [0.15, 0.2) is 24.3 Å². The molecule has 2 rings (SSSR count). The Kier molecular flexibility index (Phi) is 5.36. The van der Waals surface area contributed by atoms with Gasteiger partial charge in [0.2, 0.25) is 0 Å². The van der Waals surface area contributed by atoms with Crippen LogP contribution in [0.25, 0.3) is 12.8 Å². The number of phenolic OH excluding ortho intramolecular Hbond substituents is 1. The third kappa shape index (κ3) is 3.63. The molecule has 0 radical (unpaired) electrons. The number of phenols is 1. The molecule has 0 spiro atoms. The highest BCUT2D eigenvalue weighted by Gasteiger charge is 2.09. The van der Waals surface area contributed by atoms with Crippen LogP contribution in [0.3, 0.4) is 0 Å². The number of anilines is 3. The second kappa shape index (κ2) is 7.27. The van der Waals surface area contributed by atoms with E-state index in [1.54, 1.807) is 6.07 Å². The largest absolute Gasteiger partial charge is 0.506 e. The lowest BCUT2D eigenvalue weighted by molar-refractivity contribution is 0.466. The third-order valence-electron chi connectivity index (χ3n) is 3.63. The molecule has 6 heteroatoms. The number of halogens is 1. The summed E-state index contributed by atoms with van der Waals surface area (Å²) >= 11 is 6.15. The zero-order valence-electron chi connectivity index (χ0n) is 13.9. The summed E-state index contributed by atoms with van der Waals surface area (Å²) in [4.78, 5) is 2.03. The minimum atomic E-state index is -0.131. The van der Waals surface area contributed by atoms with Gasteiger partial charge in [-0.3, -0.25) is 5.41 Å². The second-order valence-electron chi connectivity index (χ2n) is 5.54. The van der Waals surface area contributed by atoms with Crippen molar-refractivity contribution < 1.29 is 9.84 Å². The van der Waals surface area contributed by atoms with Gasteiger partial charge in [-0.05, 0) is 36.8 Å². The maximum Gasteiger partial charge on any atom is 0.172 e. The molecule has 0 atom stereocenters. The van der Waals surface area contributed by atoms with E-state index in [0.717, 1.165) is 23.3 Å². The van der Waals surface area contributed by atoms with Crippen LogP contribution in [0.5, 0.6) is 5.75 Å². The molecule has 24 heavy (non-hydrogen) atoms. The van der Waals surface area contributed by atoms with E-state index in [1.807, 2.05) is 38.1 Å². The van der Waals surface area contributed by atoms with Gasteiger partial charge in [-0.2, -0.15) is 0 Å². The highest BCUT2D eigenvalue weighted by atomic mass is 35.5. The van der Waals surface area contributed by atoms with Crippen molar-refractivity contribution in [2.45, 2.75) is 6.92 Å². The van der Waals surface area contributed by atoms with Crippen LogP contribution in [0.4, 0.5) is 17.1 Å². The van der Waals surface area contributed by atoms with Gasteiger partial charge in [-0.15, -0.1) is 0 Å². The van der Waals surface area contributed by atoms with Crippen molar-refractivity contribution >= 4 is 47.9 Å². The van der Waals surface area contributed by atoms with Gasteiger partial charge in [-0.25, -0.2) is 0 Å². The number of nitrogens with one attached hydrogen (secondary N) is 2.